The van der Waals surface area contributed by atoms with Gasteiger partial charge >= 0.3 is 12.0 Å². The zero-order valence-corrected chi connectivity index (χ0v) is 15.1. The average Bonchev–Trinajstić information content (AvgIpc) is 3.06. The Morgan fingerprint density at radius 2 is 2.00 bits per heavy atom. The first kappa shape index (κ1) is 17.7. The first-order chi connectivity index (χ1) is 12.3. The van der Waals surface area contributed by atoms with Crippen LogP contribution in [0.25, 0.3) is 0 Å². The number of nitrogens with zero attached hydrogens (tertiary/aromatic N) is 1. The zero-order chi connectivity index (χ0) is 19.1. The van der Waals surface area contributed by atoms with E-state index in [-0.39, 0.29) is 12.5 Å². The Morgan fingerprint density at radius 3 is 2.62 bits per heavy atom. The Bertz CT molecular complexity index is 901. The molecule has 0 saturated carbocycles. The summed E-state index contributed by atoms with van der Waals surface area (Å²) in [5.74, 6) is 0.423. The van der Waals surface area contributed by atoms with Crippen molar-refractivity contribution in [2.45, 2.75) is 32.9 Å². The second-order valence-corrected chi connectivity index (χ2v) is 6.47. The monoisotopic (exact) mass is 356 g/mol. The van der Waals surface area contributed by atoms with Gasteiger partial charge in [0.15, 0.2) is 0 Å². The average molecular weight is 356 g/mol. The van der Waals surface area contributed by atoms with Crippen molar-refractivity contribution in [3.63, 3.8) is 0 Å². The summed E-state index contributed by atoms with van der Waals surface area (Å²) in [5.41, 5.74) is 0.472. The molecule has 1 atom stereocenters. The molecule has 0 aliphatic carbocycles. The number of benzene rings is 1. The van der Waals surface area contributed by atoms with E-state index in [0.717, 1.165) is 4.90 Å². The molecule has 3 rings (SSSR count). The summed E-state index contributed by atoms with van der Waals surface area (Å²) in [6, 6.07) is 7.92. The Labute approximate surface area is 150 Å². The minimum Gasteiger partial charge on any atom is -0.466 e. The van der Waals surface area contributed by atoms with E-state index in [2.05, 4.69) is 5.32 Å². The zero-order valence-electron chi connectivity index (χ0n) is 15.1. The van der Waals surface area contributed by atoms with E-state index >= 15 is 0 Å². The van der Waals surface area contributed by atoms with Crippen LogP contribution >= 0.6 is 0 Å². The number of ether oxygens (including phenoxy) is 1. The van der Waals surface area contributed by atoms with Crippen LogP contribution in [0.15, 0.2) is 34.7 Å². The highest BCUT2D eigenvalue weighted by Gasteiger charge is 2.50. The van der Waals surface area contributed by atoms with Crippen molar-refractivity contribution >= 4 is 17.9 Å². The highest BCUT2D eigenvalue weighted by atomic mass is 16.5. The van der Waals surface area contributed by atoms with Gasteiger partial charge < -0.3 is 14.5 Å². The summed E-state index contributed by atoms with van der Waals surface area (Å²) >= 11 is 0. The molecule has 1 aromatic carbocycles. The lowest BCUT2D eigenvalue weighted by Gasteiger charge is -2.21. The van der Waals surface area contributed by atoms with Crippen LogP contribution in [0.2, 0.25) is 0 Å². The first-order valence-electron chi connectivity index (χ1n) is 8.15. The maximum Gasteiger partial charge on any atom is 0.337 e. The number of carbonyl (C=O) groups is 3. The summed E-state index contributed by atoms with van der Waals surface area (Å²) in [6.07, 6.45) is 0. The van der Waals surface area contributed by atoms with Crippen molar-refractivity contribution in [3.8, 4) is 0 Å². The van der Waals surface area contributed by atoms with Crippen LogP contribution in [-0.2, 0) is 21.6 Å². The third-order valence-corrected chi connectivity index (χ3v) is 4.54. The number of methoxy groups -OCH3 is 1. The van der Waals surface area contributed by atoms with E-state index in [0.29, 0.717) is 28.2 Å². The molecule has 0 radical (unpaired) electrons. The molecule has 2 heterocycles. The fourth-order valence-electron chi connectivity index (χ4n) is 3.25. The van der Waals surface area contributed by atoms with Gasteiger partial charge in [0.25, 0.3) is 5.91 Å². The highest BCUT2D eigenvalue weighted by Crippen LogP contribution is 2.33. The van der Waals surface area contributed by atoms with Gasteiger partial charge in [-0.25, -0.2) is 9.59 Å². The summed E-state index contributed by atoms with van der Waals surface area (Å²) in [7, 11) is 1.30. The van der Waals surface area contributed by atoms with Gasteiger partial charge in [0.2, 0.25) is 0 Å². The van der Waals surface area contributed by atoms with Crippen LogP contribution in [0.1, 0.15) is 39.9 Å². The molecule has 1 aliphatic heterocycles. The number of aryl methyl sites for hydroxylation is 2. The molecule has 3 amide bonds. The number of imide groups is 1. The van der Waals surface area contributed by atoms with E-state index in [1.54, 1.807) is 51.1 Å². The van der Waals surface area contributed by atoms with E-state index in [1.165, 1.54) is 7.11 Å². The van der Waals surface area contributed by atoms with Gasteiger partial charge in [0.1, 0.15) is 17.1 Å². The van der Waals surface area contributed by atoms with Crippen molar-refractivity contribution in [2.75, 3.05) is 7.11 Å². The normalized spacial score (nSPS) is 19.6. The number of amides is 3. The smallest absolute Gasteiger partial charge is 0.337 e. The van der Waals surface area contributed by atoms with E-state index in [4.69, 9.17) is 9.15 Å². The quantitative estimate of drug-likeness (QED) is 0.672. The molecule has 1 N–H and O–H groups in total. The molecule has 7 nitrogen and oxygen atoms in total. The second-order valence-electron chi connectivity index (χ2n) is 6.47. The molecule has 2 aromatic rings. The number of hydrogen-bond donors (Lipinski definition) is 1. The van der Waals surface area contributed by atoms with Crippen LogP contribution in [0, 0.1) is 13.8 Å². The van der Waals surface area contributed by atoms with Gasteiger partial charge in [-0.3, -0.25) is 9.69 Å². The van der Waals surface area contributed by atoms with Crippen molar-refractivity contribution in [2.24, 2.45) is 0 Å². The molecular formula is C19H20N2O5. The lowest BCUT2D eigenvalue weighted by Crippen LogP contribution is -2.41. The number of nitrogens with one attached hydrogen (secondary N) is 1. The predicted molar refractivity (Wildman–Crippen MR) is 92.4 cm³/mol. The molecule has 1 aromatic heterocycles. The number of hydrogen-bond acceptors (Lipinski definition) is 5. The fraction of sp³-hybridized carbons (Fsp3) is 0.316. The summed E-state index contributed by atoms with van der Waals surface area (Å²) in [4.78, 5) is 38.2. The molecule has 0 bridgehead atoms. The van der Waals surface area contributed by atoms with E-state index in [1.807, 2.05) is 0 Å². The van der Waals surface area contributed by atoms with Crippen molar-refractivity contribution in [1.29, 1.82) is 0 Å². The standard InChI is InChI=1S/C19H20N2O5/c1-11-8-15(12(2)26-11)19(3)17(23)21(18(24)20-19)10-13-6-5-7-14(9-13)16(22)25-4/h5-9H,10H2,1-4H3,(H,20,24). The summed E-state index contributed by atoms with van der Waals surface area (Å²) < 4.78 is 10.2. The fourth-order valence-corrected chi connectivity index (χ4v) is 3.25. The summed E-state index contributed by atoms with van der Waals surface area (Å²) in [5, 5.41) is 2.76. The van der Waals surface area contributed by atoms with Gasteiger partial charge in [0, 0.05) is 5.56 Å². The Kier molecular flexibility index (Phi) is 4.31. The number of carbonyl (C=O) groups excluding carboxylic acids is 3. The Hall–Kier alpha value is -3.09. The van der Waals surface area contributed by atoms with Gasteiger partial charge in [-0.2, -0.15) is 0 Å². The van der Waals surface area contributed by atoms with Gasteiger partial charge in [-0.05, 0) is 44.5 Å². The topological polar surface area (TPSA) is 88.8 Å². The van der Waals surface area contributed by atoms with Gasteiger partial charge in [-0.15, -0.1) is 0 Å². The third-order valence-electron chi connectivity index (χ3n) is 4.54. The number of furan rings is 1. The van der Waals surface area contributed by atoms with Crippen molar-refractivity contribution in [3.05, 3.63) is 58.5 Å². The molecule has 1 unspecified atom stereocenters. The summed E-state index contributed by atoms with van der Waals surface area (Å²) in [6.45, 7) is 5.27. The largest absolute Gasteiger partial charge is 0.466 e. The van der Waals surface area contributed by atoms with Crippen LogP contribution in [-0.4, -0.2) is 29.9 Å². The molecule has 7 heteroatoms. The molecule has 1 aliphatic rings. The number of rotatable bonds is 4. The van der Waals surface area contributed by atoms with Gasteiger partial charge in [0.05, 0.1) is 19.2 Å². The lowest BCUT2D eigenvalue weighted by atomic mass is 9.92. The Morgan fingerprint density at radius 1 is 1.27 bits per heavy atom. The van der Waals surface area contributed by atoms with E-state index < -0.39 is 17.5 Å². The van der Waals surface area contributed by atoms with Gasteiger partial charge in [-0.1, -0.05) is 12.1 Å². The Balaban J connectivity index is 1.88. The maximum atomic E-state index is 13.0. The van der Waals surface area contributed by atoms with Crippen LogP contribution < -0.4 is 5.32 Å². The molecule has 1 fully saturated rings. The minimum absolute atomic E-state index is 0.0565. The predicted octanol–water partition coefficient (Wildman–Crippen LogP) is 2.65. The minimum atomic E-state index is -1.18. The van der Waals surface area contributed by atoms with Crippen LogP contribution in [0.5, 0.6) is 0 Å². The number of urea groups is 1. The second kappa shape index (κ2) is 6.33. The molecule has 0 spiro atoms. The number of esters is 1. The maximum absolute atomic E-state index is 13.0. The molecule has 136 valence electrons. The molecule has 1 saturated heterocycles. The SMILES string of the molecule is COC(=O)c1cccc(CN2C(=O)NC(C)(c3cc(C)oc3C)C2=O)c1. The van der Waals surface area contributed by atoms with Crippen molar-refractivity contribution < 1.29 is 23.5 Å². The van der Waals surface area contributed by atoms with Crippen LogP contribution in [0.4, 0.5) is 4.79 Å². The van der Waals surface area contributed by atoms with Crippen LogP contribution in [0.3, 0.4) is 0 Å². The lowest BCUT2D eigenvalue weighted by molar-refractivity contribution is -0.131. The first-order valence-corrected chi connectivity index (χ1v) is 8.15. The molecule has 26 heavy (non-hydrogen) atoms. The molecular weight excluding hydrogens is 336 g/mol. The third kappa shape index (κ3) is 2.85. The van der Waals surface area contributed by atoms with E-state index in [9.17, 15) is 14.4 Å². The van der Waals surface area contributed by atoms with Crippen molar-refractivity contribution in [1.82, 2.24) is 10.2 Å². The highest BCUT2D eigenvalue weighted by molar-refractivity contribution is 6.07.